The number of aliphatic carboxylic acids is 1. The minimum absolute atomic E-state index is 0.206. The largest absolute Gasteiger partial charge is 0.480 e. The zero-order valence-electron chi connectivity index (χ0n) is 9.65. The molecule has 0 bridgehead atoms. The fraction of sp³-hybridized carbons (Fsp3) is 0.917. The second-order valence-corrected chi connectivity index (χ2v) is 5.35. The van der Waals surface area contributed by atoms with Gasteiger partial charge in [0.25, 0.3) is 0 Å². The van der Waals surface area contributed by atoms with Crippen LogP contribution in [-0.4, -0.2) is 34.6 Å². The molecule has 0 aromatic carbocycles. The van der Waals surface area contributed by atoms with Gasteiger partial charge in [0.15, 0.2) is 0 Å². The number of carbonyl (C=O) groups is 1. The van der Waals surface area contributed by atoms with Crippen molar-refractivity contribution < 1.29 is 9.90 Å². The molecule has 1 saturated carbocycles. The quantitative estimate of drug-likeness (QED) is 0.776. The third-order valence-corrected chi connectivity index (χ3v) is 3.84. The number of hydrogen-bond donors (Lipinski definition) is 1. The van der Waals surface area contributed by atoms with Gasteiger partial charge in [-0.25, -0.2) is 0 Å². The molecular weight excluding hydrogens is 190 g/mol. The van der Waals surface area contributed by atoms with Crippen LogP contribution in [0.15, 0.2) is 0 Å². The molecule has 3 atom stereocenters. The first kappa shape index (κ1) is 10.9. The van der Waals surface area contributed by atoms with Gasteiger partial charge < -0.3 is 5.11 Å². The first-order valence-electron chi connectivity index (χ1n) is 6.08. The summed E-state index contributed by atoms with van der Waals surface area (Å²) in [5, 5.41) is 9.30. The van der Waals surface area contributed by atoms with Crippen LogP contribution >= 0.6 is 0 Å². The Morgan fingerprint density at radius 2 is 1.93 bits per heavy atom. The van der Waals surface area contributed by atoms with Gasteiger partial charge in [0.05, 0.1) is 0 Å². The molecule has 2 fully saturated rings. The summed E-state index contributed by atoms with van der Waals surface area (Å²) in [7, 11) is 0. The number of carboxylic acids is 1. The van der Waals surface area contributed by atoms with Crippen molar-refractivity contribution in [3.05, 3.63) is 0 Å². The highest BCUT2D eigenvalue weighted by atomic mass is 16.4. The Hall–Kier alpha value is -0.570. The van der Waals surface area contributed by atoms with Gasteiger partial charge in [0.2, 0.25) is 0 Å². The van der Waals surface area contributed by atoms with Crippen molar-refractivity contribution in [2.75, 3.05) is 6.54 Å². The number of likely N-dealkylation sites (tertiary alicyclic amines) is 1. The molecule has 86 valence electrons. The lowest BCUT2D eigenvalue weighted by Gasteiger charge is -2.40. The van der Waals surface area contributed by atoms with E-state index in [9.17, 15) is 9.90 Å². The Bertz CT molecular complexity index is 250. The smallest absolute Gasteiger partial charge is 0.321 e. The molecule has 3 unspecified atom stereocenters. The fourth-order valence-electron chi connectivity index (χ4n) is 2.74. The van der Waals surface area contributed by atoms with Gasteiger partial charge in [-0.2, -0.15) is 0 Å². The first-order valence-corrected chi connectivity index (χ1v) is 6.08. The van der Waals surface area contributed by atoms with Crippen LogP contribution in [-0.2, 0) is 4.79 Å². The highest BCUT2D eigenvalue weighted by Gasteiger charge is 2.43. The highest BCUT2D eigenvalue weighted by molar-refractivity contribution is 5.74. The summed E-state index contributed by atoms with van der Waals surface area (Å²) in [5.41, 5.74) is 0. The van der Waals surface area contributed by atoms with Gasteiger partial charge >= 0.3 is 5.97 Å². The van der Waals surface area contributed by atoms with Crippen molar-refractivity contribution in [1.29, 1.82) is 0 Å². The van der Waals surface area contributed by atoms with Crippen LogP contribution in [0.2, 0.25) is 0 Å². The number of rotatable bonds is 3. The molecule has 2 aliphatic rings. The monoisotopic (exact) mass is 211 g/mol. The van der Waals surface area contributed by atoms with Gasteiger partial charge in [-0.3, -0.25) is 9.69 Å². The summed E-state index contributed by atoms with van der Waals surface area (Å²) >= 11 is 0. The molecule has 0 spiro atoms. The number of nitrogens with zero attached hydrogens (tertiary/aromatic N) is 1. The maximum atomic E-state index is 11.3. The van der Waals surface area contributed by atoms with Crippen molar-refractivity contribution in [2.24, 2.45) is 11.8 Å². The summed E-state index contributed by atoms with van der Waals surface area (Å²) in [6.45, 7) is 5.36. The van der Waals surface area contributed by atoms with Gasteiger partial charge in [0, 0.05) is 12.6 Å². The minimum atomic E-state index is -0.613. The van der Waals surface area contributed by atoms with Crippen molar-refractivity contribution in [1.82, 2.24) is 4.90 Å². The molecule has 2 rings (SSSR count). The molecule has 1 heterocycles. The summed E-state index contributed by atoms with van der Waals surface area (Å²) in [5.74, 6) is 0.468. The van der Waals surface area contributed by atoms with E-state index in [1.54, 1.807) is 0 Å². The summed E-state index contributed by atoms with van der Waals surface area (Å²) in [4.78, 5) is 13.5. The Balaban J connectivity index is 2.07. The average Bonchev–Trinajstić information content (AvgIpc) is 2.95. The zero-order valence-corrected chi connectivity index (χ0v) is 9.65. The van der Waals surface area contributed by atoms with Crippen molar-refractivity contribution in [2.45, 2.75) is 51.6 Å². The zero-order chi connectivity index (χ0) is 11.0. The number of hydrogen-bond acceptors (Lipinski definition) is 2. The average molecular weight is 211 g/mol. The van der Waals surface area contributed by atoms with E-state index < -0.39 is 5.97 Å². The molecular formula is C12H21NO2. The third-order valence-electron chi connectivity index (χ3n) is 3.84. The molecule has 1 aliphatic carbocycles. The second-order valence-electron chi connectivity index (χ2n) is 5.35. The van der Waals surface area contributed by atoms with Gasteiger partial charge in [-0.1, -0.05) is 6.92 Å². The second kappa shape index (κ2) is 4.12. The first-order chi connectivity index (χ1) is 7.09. The van der Waals surface area contributed by atoms with Crippen LogP contribution in [0.1, 0.15) is 39.5 Å². The summed E-state index contributed by atoms with van der Waals surface area (Å²) in [6, 6.07) is 0.241. The van der Waals surface area contributed by atoms with Gasteiger partial charge in [0.1, 0.15) is 6.04 Å². The lowest BCUT2D eigenvalue weighted by molar-refractivity contribution is -0.146. The van der Waals surface area contributed by atoms with Gasteiger partial charge in [-0.05, 0) is 44.4 Å². The van der Waals surface area contributed by atoms with E-state index in [4.69, 9.17) is 0 Å². The molecule has 3 heteroatoms. The van der Waals surface area contributed by atoms with E-state index in [2.05, 4.69) is 18.7 Å². The van der Waals surface area contributed by atoms with E-state index in [1.165, 1.54) is 6.42 Å². The van der Waals surface area contributed by atoms with Crippen LogP contribution in [0, 0.1) is 11.8 Å². The molecule has 3 nitrogen and oxygen atoms in total. The maximum Gasteiger partial charge on any atom is 0.321 e. The van der Waals surface area contributed by atoms with Crippen LogP contribution in [0.25, 0.3) is 0 Å². The molecule has 1 aliphatic heterocycles. The van der Waals surface area contributed by atoms with Crippen molar-refractivity contribution in [3.63, 3.8) is 0 Å². The molecule has 0 radical (unpaired) electrons. The van der Waals surface area contributed by atoms with Crippen molar-refractivity contribution in [3.8, 4) is 0 Å². The molecule has 0 aromatic rings. The summed E-state index contributed by atoms with van der Waals surface area (Å²) < 4.78 is 0. The molecule has 15 heavy (non-hydrogen) atoms. The van der Waals surface area contributed by atoms with E-state index >= 15 is 0 Å². The lowest BCUT2D eigenvalue weighted by atomic mass is 9.92. The van der Waals surface area contributed by atoms with Crippen LogP contribution in [0.3, 0.4) is 0 Å². The van der Waals surface area contributed by atoms with Crippen molar-refractivity contribution >= 4 is 5.97 Å². The Labute approximate surface area is 91.5 Å². The van der Waals surface area contributed by atoms with Crippen LogP contribution in [0.5, 0.6) is 0 Å². The Kier molecular flexibility index (Phi) is 3.01. The summed E-state index contributed by atoms with van der Waals surface area (Å²) in [6.07, 6.45) is 4.61. The molecule has 1 N–H and O–H groups in total. The Morgan fingerprint density at radius 3 is 2.47 bits per heavy atom. The Morgan fingerprint density at radius 1 is 1.27 bits per heavy atom. The molecule has 1 saturated heterocycles. The third kappa shape index (κ3) is 2.33. The van der Waals surface area contributed by atoms with Crippen LogP contribution < -0.4 is 0 Å². The van der Waals surface area contributed by atoms with E-state index in [1.807, 2.05) is 0 Å². The number of carboxylic acid groups (broad SMARTS) is 1. The normalized spacial score (nSPS) is 35.1. The predicted molar refractivity (Wildman–Crippen MR) is 58.7 cm³/mol. The lowest BCUT2D eigenvalue weighted by Crippen LogP contribution is -2.51. The van der Waals surface area contributed by atoms with E-state index in [0.717, 1.165) is 25.8 Å². The van der Waals surface area contributed by atoms with E-state index in [-0.39, 0.29) is 6.04 Å². The number of piperidine rings is 1. The highest BCUT2D eigenvalue weighted by Crippen LogP contribution is 2.38. The van der Waals surface area contributed by atoms with Crippen LogP contribution in [0.4, 0.5) is 0 Å². The molecule has 0 amide bonds. The predicted octanol–water partition coefficient (Wildman–Crippen LogP) is 1.97. The SMILES string of the molecule is CC1CCC(C)N(C(C(=O)O)C2CC2)C1. The minimum Gasteiger partial charge on any atom is -0.480 e. The van der Waals surface area contributed by atoms with E-state index in [0.29, 0.717) is 17.9 Å². The van der Waals surface area contributed by atoms with Gasteiger partial charge in [-0.15, -0.1) is 0 Å². The fourth-order valence-corrected chi connectivity index (χ4v) is 2.74. The molecule has 0 aromatic heterocycles. The maximum absolute atomic E-state index is 11.3. The standard InChI is InChI=1S/C12H21NO2/c1-8-3-4-9(2)13(7-8)11(12(14)15)10-5-6-10/h8-11H,3-7H2,1-2H3,(H,14,15). The topological polar surface area (TPSA) is 40.5 Å².